The Bertz CT molecular complexity index is 3820. The summed E-state index contributed by atoms with van der Waals surface area (Å²) in [6, 6.07) is 51.8. The maximum absolute atomic E-state index is 7.30. The van der Waals surface area contributed by atoms with Gasteiger partial charge < -0.3 is 18.7 Å². The number of aromatic nitrogens is 1. The molecule has 1 aliphatic heterocycles. The van der Waals surface area contributed by atoms with E-state index in [2.05, 4.69) is 205 Å². The first kappa shape index (κ1) is 37.6. The predicted octanol–water partition coefficient (Wildman–Crippen LogP) is 14.6. The van der Waals surface area contributed by atoms with Crippen LogP contribution in [-0.2, 0) is 16.2 Å². The summed E-state index contributed by atoms with van der Waals surface area (Å²) in [7, 11) is 0.711. The molecule has 0 unspecified atom stereocenters. The van der Waals surface area contributed by atoms with Crippen LogP contribution in [0.15, 0.2) is 148 Å². The summed E-state index contributed by atoms with van der Waals surface area (Å²) in [4.78, 5) is 0. The standard InChI is InChI=1S/C59H49BN2O2/c1-57(2,3)32-21-24-34(25-22-32)61-45-30-43-38(35-15-9-12-18-42(35)59(43,7)8)28-40(45)53-54-55-51(52-37-17-11-14-20-49(37)64-56(52)53)41-27-33(58(4,5)6)23-26-46(41)62(55)47-29-39-36-16-10-13-19-48(36)63-50(39)31-44(47)60-54/h9-31,60-61H,1-8H3. The van der Waals surface area contributed by atoms with Crippen LogP contribution >= 0.6 is 0 Å². The zero-order chi connectivity index (χ0) is 43.6. The molecule has 2 aliphatic rings. The zero-order valence-electron chi connectivity index (χ0n) is 37.7. The van der Waals surface area contributed by atoms with Crippen LogP contribution in [0.4, 0.5) is 11.4 Å². The molecule has 0 bridgehead atoms. The van der Waals surface area contributed by atoms with E-state index >= 15 is 0 Å². The predicted molar refractivity (Wildman–Crippen MR) is 272 cm³/mol. The molecule has 5 heteroatoms. The minimum atomic E-state index is -0.183. The Morgan fingerprint density at radius 3 is 2.00 bits per heavy atom. The molecule has 4 nitrogen and oxygen atoms in total. The van der Waals surface area contributed by atoms with Gasteiger partial charge in [0.05, 0.1) is 11.0 Å². The Labute approximate surface area is 373 Å². The Morgan fingerprint density at radius 1 is 0.547 bits per heavy atom. The average molecular weight is 829 g/mol. The molecule has 0 atom stereocenters. The van der Waals surface area contributed by atoms with Crippen molar-refractivity contribution in [2.24, 2.45) is 0 Å². The third kappa shape index (κ3) is 5.12. The lowest BCUT2D eigenvalue weighted by atomic mass is 9.58. The van der Waals surface area contributed by atoms with Gasteiger partial charge in [-0.1, -0.05) is 140 Å². The monoisotopic (exact) mass is 828 g/mol. The van der Waals surface area contributed by atoms with Crippen molar-refractivity contribution in [1.29, 1.82) is 0 Å². The molecule has 8 aromatic carbocycles. The van der Waals surface area contributed by atoms with Crippen LogP contribution < -0.4 is 16.2 Å². The summed E-state index contributed by atoms with van der Waals surface area (Å²) in [5, 5.41) is 11.1. The second kappa shape index (κ2) is 12.6. The molecule has 1 aliphatic carbocycles. The summed E-state index contributed by atoms with van der Waals surface area (Å²) >= 11 is 0. The lowest BCUT2D eigenvalue weighted by Gasteiger charge is -2.26. The van der Waals surface area contributed by atoms with Gasteiger partial charge in [0.15, 0.2) is 7.28 Å². The van der Waals surface area contributed by atoms with Crippen molar-refractivity contribution in [2.75, 3.05) is 5.32 Å². The number of hydrogen-bond donors (Lipinski definition) is 1. The molecule has 0 spiro atoms. The summed E-state index contributed by atoms with van der Waals surface area (Å²) in [6.45, 7) is 18.5. The van der Waals surface area contributed by atoms with Gasteiger partial charge in [-0.3, -0.25) is 0 Å². The summed E-state index contributed by atoms with van der Waals surface area (Å²) in [5.74, 6) is 0. The Kier molecular flexibility index (Phi) is 7.40. The van der Waals surface area contributed by atoms with E-state index in [0.29, 0.717) is 7.28 Å². The van der Waals surface area contributed by atoms with Crippen LogP contribution in [0.2, 0.25) is 0 Å². The van der Waals surface area contributed by atoms with Gasteiger partial charge in [0.2, 0.25) is 0 Å². The molecule has 1 N–H and O–H groups in total. The summed E-state index contributed by atoms with van der Waals surface area (Å²) in [6.07, 6.45) is 0. The number of nitrogens with zero attached hydrogens (tertiary/aromatic N) is 1. The van der Waals surface area contributed by atoms with Crippen LogP contribution in [0.5, 0.6) is 0 Å². The number of benzene rings is 8. The van der Waals surface area contributed by atoms with E-state index in [9.17, 15) is 0 Å². The van der Waals surface area contributed by atoms with Gasteiger partial charge in [-0.15, -0.1) is 0 Å². The average Bonchev–Trinajstić information content (AvgIpc) is 3.99. The van der Waals surface area contributed by atoms with Crippen LogP contribution in [0.25, 0.3) is 93.6 Å². The van der Waals surface area contributed by atoms with E-state index in [1.54, 1.807) is 0 Å². The molecule has 0 saturated heterocycles. The number of fused-ring (bicyclic) bond motifs is 15. The van der Waals surface area contributed by atoms with Gasteiger partial charge in [-0.05, 0) is 110 Å². The third-order valence-electron chi connectivity index (χ3n) is 14.7. The fourth-order valence-electron chi connectivity index (χ4n) is 11.3. The highest BCUT2D eigenvalue weighted by atomic mass is 16.3. The fourth-order valence-corrected chi connectivity index (χ4v) is 11.3. The minimum absolute atomic E-state index is 0.0386. The molecule has 13 rings (SSSR count). The molecule has 0 fully saturated rings. The van der Waals surface area contributed by atoms with Crippen molar-refractivity contribution in [3.63, 3.8) is 0 Å². The van der Waals surface area contributed by atoms with Gasteiger partial charge >= 0.3 is 0 Å². The molecule has 64 heavy (non-hydrogen) atoms. The van der Waals surface area contributed by atoms with Gasteiger partial charge in [0.25, 0.3) is 0 Å². The molecule has 4 heterocycles. The summed E-state index contributed by atoms with van der Waals surface area (Å²) < 4.78 is 16.5. The third-order valence-corrected chi connectivity index (χ3v) is 14.7. The van der Waals surface area contributed by atoms with Crippen LogP contribution in [0.1, 0.15) is 77.6 Å². The number of anilines is 2. The van der Waals surface area contributed by atoms with Crippen LogP contribution in [-0.4, -0.2) is 11.8 Å². The van der Waals surface area contributed by atoms with E-state index < -0.39 is 0 Å². The van der Waals surface area contributed by atoms with Gasteiger partial charge in [-0.2, -0.15) is 0 Å². The second-order valence-corrected chi connectivity index (χ2v) is 21.0. The summed E-state index contributed by atoms with van der Waals surface area (Å²) in [5.41, 5.74) is 21.9. The maximum Gasteiger partial charge on any atom is 0.198 e. The number of para-hydroxylation sites is 2. The Morgan fingerprint density at radius 2 is 1.23 bits per heavy atom. The molecule has 0 saturated carbocycles. The first-order valence-corrected chi connectivity index (χ1v) is 22.8. The van der Waals surface area contributed by atoms with Crippen molar-refractivity contribution < 1.29 is 8.83 Å². The van der Waals surface area contributed by atoms with Crippen molar-refractivity contribution >= 4 is 95.3 Å². The highest BCUT2D eigenvalue weighted by molar-refractivity contribution is 6.74. The zero-order valence-corrected chi connectivity index (χ0v) is 37.7. The Hall–Kier alpha value is -6.98. The molecule has 0 amide bonds. The smallest absolute Gasteiger partial charge is 0.198 e. The molecular weight excluding hydrogens is 779 g/mol. The molecule has 0 radical (unpaired) electrons. The highest BCUT2D eigenvalue weighted by Crippen LogP contribution is 2.54. The lowest BCUT2D eigenvalue weighted by Crippen LogP contribution is -2.37. The van der Waals surface area contributed by atoms with Crippen LogP contribution in [0.3, 0.4) is 0 Å². The minimum Gasteiger partial charge on any atom is -0.456 e. The van der Waals surface area contributed by atoms with E-state index in [4.69, 9.17) is 8.83 Å². The first-order chi connectivity index (χ1) is 30.7. The van der Waals surface area contributed by atoms with Crippen molar-refractivity contribution in [3.8, 4) is 27.9 Å². The molecule has 11 aromatic rings. The quantitative estimate of drug-likeness (QED) is 0.180. The van der Waals surface area contributed by atoms with E-state index in [0.717, 1.165) is 61.0 Å². The molecule has 310 valence electrons. The number of hydrogen-bond acceptors (Lipinski definition) is 3. The van der Waals surface area contributed by atoms with E-state index in [-0.39, 0.29) is 16.2 Å². The number of nitrogens with one attached hydrogen (secondary N) is 1. The van der Waals surface area contributed by atoms with Gasteiger partial charge in [-0.25, -0.2) is 0 Å². The first-order valence-electron chi connectivity index (χ1n) is 22.8. The lowest BCUT2D eigenvalue weighted by molar-refractivity contribution is 0.590. The van der Waals surface area contributed by atoms with Gasteiger partial charge in [0, 0.05) is 65.9 Å². The Balaban J connectivity index is 1.20. The number of furan rings is 2. The van der Waals surface area contributed by atoms with Crippen molar-refractivity contribution in [1.82, 2.24) is 4.57 Å². The van der Waals surface area contributed by atoms with Crippen molar-refractivity contribution in [3.05, 3.63) is 162 Å². The molecular formula is C59H49BN2O2. The maximum atomic E-state index is 7.30. The van der Waals surface area contributed by atoms with Gasteiger partial charge in [0.1, 0.15) is 22.3 Å². The van der Waals surface area contributed by atoms with E-state index in [1.165, 1.54) is 77.2 Å². The van der Waals surface area contributed by atoms with E-state index in [1.807, 2.05) is 0 Å². The van der Waals surface area contributed by atoms with Crippen molar-refractivity contribution in [2.45, 2.75) is 71.6 Å². The molecule has 3 aromatic heterocycles. The highest BCUT2D eigenvalue weighted by Gasteiger charge is 2.38. The fraction of sp³-hybridized carbons (Fsp3) is 0.186. The normalized spacial score (nSPS) is 14.2. The topological polar surface area (TPSA) is 43.2 Å². The SMILES string of the molecule is CC(C)(C)c1ccc(Nc2cc3c(cc2-c2c4c5c(c6cc(C(C)(C)C)ccc6n5-c5cc6c(cc5B4)oc4ccccc46)c4c2oc2ccccc24)-c2ccccc2C3(C)C)cc1. The van der Waals surface area contributed by atoms with Crippen LogP contribution in [0, 0.1) is 0 Å². The second-order valence-electron chi connectivity index (χ2n) is 21.0. The largest absolute Gasteiger partial charge is 0.456 e. The number of rotatable bonds is 3.